The lowest BCUT2D eigenvalue weighted by molar-refractivity contribution is -0.107. The summed E-state index contributed by atoms with van der Waals surface area (Å²) < 4.78 is 1.79. The molecular formula is C10H14N2OS. The van der Waals surface area contributed by atoms with Gasteiger partial charge in [-0.25, -0.2) is 0 Å². The van der Waals surface area contributed by atoms with Crippen LogP contribution in [0.1, 0.15) is 18.2 Å². The van der Waals surface area contributed by atoms with Gasteiger partial charge in [0.25, 0.3) is 0 Å². The highest BCUT2D eigenvalue weighted by Gasteiger charge is 2.13. The molecule has 0 spiro atoms. The van der Waals surface area contributed by atoms with Crippen molar-refractivity contribution in [2.24, 2.45) is 7.05 Å². The van der Waals surface area contributed by atoms with Crippen molar-refractivity contribution in [2.75, 3.05) is 0 Å². The lowest BCUT2D eigenvalue weighted by Gasteiger charge is -2.05. The standard InChI is InChI=1S/C10H14N2OS/c1-5-9-8(3)11-12(4)10(9)14-7(2)6-13/h5-7H,1H2,2-4H3. The number of aryl methyl sites for hydroxylation is 2. The van der Waals surface area contributed by atoms with Gasteiger partial charge in [-0.15, -0.1) is 0 Å². The fourth-order valence-corrected chi connectivity index (χ4v) is 2.19. The van der Waals surface area contributed by atoms with Crippen molar-refractivity contribution < 1.29 is 4.79 Å². The van der Waals surface area contributed by atoms with E-state index in [2.05, 4.69) is 11.7 Å². The molecular weight excluding hydrogens is 196 g/mol. The Kier molecular flexibility index (Phi) is 3.52. The summed E-state index contributed by atoms with van der Waals surface area (Å²) in [6, 6.07) is 0. The molecule has 0 aliphatic rings. The van der Waals surface area contributed by atoms with E-state index in [0.29, 0.717) is 0 Å². The smallest absolute Gasteiger partial charge is 0.133 e. The molecule has 3 nitrogen and oxygen atoms in total. The van der Waals surface area contributed by atoms with E-state index in [1.807, 2.05) is 20.9 Å². The number of carbonyl (C=O) groups excluding carboxylic acids is 1. The molecule has 1 aromatic heterocycles. The Labute approximate surface area is 88.2 Å². The van der Waals surface area contributed by atoms with Crippen molar-refractivity contribution >= 4 is 24.1 Å². The zero-order chi connectivity index (χ0) is 10.7. The number of aldehydes is 1. The van der Waals surface area contributed by atoms with Crippen molar-refractivity contribution in [3.8, 4) is 0 Å². The number of thioether (sulfide) groups is 1. The number of aromatic nitrogens is 2. The van der Waals surface area contributed by atoms with Crippen LogP contribution in [0.5, 0.6) is 0 Å². The summed E-state index contributed by atoms with van der Waals surface area (Å²) >= 11 is 1.50. The number of hydrogen-bond acceptors (Lipinski definition) is 3. The van der Waals surface area contributed by atoms with Gasteiger partial charge in [-0.3, -0.25) is 4.68 Å². The first-order chi connectivity index (χ1) is 6.60. The van der Waals surface area contributed by atoms with Gasteiger partial charge in [0.1, 0.15) is 11.3 Å². The molecule has 1 heterocycles. The molecule has 0 amide bonds. The zero-order valence-electron chi connectivity index (χ0n) is 8.65. The third-order valence-electron chi connectivity index (χ3n) is 1.91. The fraction of sp³-hybridized carbons (Fsp3) is 0.400. The number of rotatable bonds is 4. The monoisotopic (exact) mass is 210 g/mol. The molecule has 0 bridgehead atoms. The van der Waals surface area contributed by atoms with E-state index >= 15 is 0 Å². The molecule has 0 aromatic carbocycles. The third kappa shape index (κ3) is 2.07. The maximum atomic E-state index is 10.6. The number of carbonyl (C=O) groups is 1. The second kappa shape index (κ2) is 4.46. The molecule has 0 aliphatic carbocycles. The van der Waals surface area contributed by atoms with Crippen molar-refractivity contribution in [2.45, 2.75) is 24.1 Å². The van der Waals surface area contributed by atoms with Crippen molar-refractivity contribution in [1.29, 1.82) is 0 Å². The van der Waals surface area contributed by atoms with Gasteiger partial charge in [-0.2, -0.15) is 5.10 Å². The summed E-state index contributed by atoms with van der Waals surface area (Å²) in [5.41, 5.74) is 1.97. The third-order valence-corrected chi connectivity index (χ3v) is 3.10. The Morgan fingerprint density at radius 1 is 1.64 bits per heavy atom. The summed E-state index contributed by atoms with van der Waals surface area (Å²) in [6.07, 6.45) is 2.71. The molecule has 0 radical (unpaired) electrons. The summed E-state index contributed by atoms with van der Waals surface area (Å²) in [4.78, 5) is 10.6. The van der Waals surface area contributed by atoms with Crippen LogP contribution in [0.15, 0.2) is 11.6 Å². The first-order valence-corrected chi connectivity index (χ1v) is 5.26. The molecule has 0 saturated heterocycles. The van der Waals surface area contributed by atoms with Crippen LogP contribution in [0.3, 0.4) is 0 Å². The normalized spacial score (nSPS) is 12.5. The largest absolute Gasteiger partial charge is 0.302 e. The molecule has 1 unspecified atom stereocenters. The first kappa shape index (κ1) is 11.0. The maximum Gasteiger partial charge on any atom is 0.133 e. The fourth-order valence-electron chi connectivity index (χ4n) is 1.23. The topological polar surface area (TPSA) is 34.9 Å². The molecule has 1 aromatic rings. The molecule has 0 saturated carbocycles. The Hall–Kier alpha value is -1.03. The van der Waals surface area contributed by atoms with E-state index in [1.54, 1.807) is 10.8 Å². The Morgan fingerprint density at radius 2 is 2.29 bits per heavy atom. The molecule has 1 atom stereocenters. The highest BCUT2D eigenvalue weighted by Crippen LogP contribution is 2.28. The average Bonchev–Trinajstić information content (AvgIpc) is 2.41. The maximum absolute atomic E-state index is 10.6. The van der Waals surface area contributed by atoms with Crippen molar-refractivity contribution in [3.05, 3.63) is 17.8 Å². The predicted molar refractivity (Wildman–Crippen MR) is 59.4 cm³/mol. The lowest BCUT2D eigenvalue weighted by Crippen LogP contribution is -2.00. The van der Waals surface area contributed by atoms with Gasteiger partial charge in [0.05, 0.1) is 10.9 Å². The summed E-state index contributed by atoms with van der Waals surface area (Å²) in [6.45, 7) is 7.55. The van der Waals surface area contributed by atoms with Crippen LogP contribution in [0.25, 0.3) is 6.08 Å². The van der Waals surface area contributed by atoms with Crippen molar-refractivity contribution in [1.82, 2.24) is 9.78 Å². The van der Waals surface area contributed by atoms with E-state index < -0.39 is 0 Å². The molecule has 0 fully saturated rings. The quantitative estimate of drug-likeness (QED) is 0.563. The molecule has 0 N–H and O–H groups in total. The van der Waals surface area contributed by atoms with Crippen molar-refractivity contribution in [3.63, 3.8) is 0 Å². The molecule has 0 aliphatic heterocycles. The highest BCUT2D eigenvalue weighted by molar-refractivity contribution is 8.00. The molecule has 4 heteroatoms. The van der Waals surface area contributed by atoms with Crippen LogP contribution >= 0.6 is 11.8 Å². The number of nitrogens with zero attached hydrogens (tertiary/aromatic N) is 2. The summed E-state index contributed by atoms with van der Waals surface area (Å²) in [5.74, 6) is 0. The highest BCUT2D eigenvalue weighted by atomic mass is 32.2. The van der Waals surface area contributed by atoms with Gasteiger partial charge in [0, 0.05) is 12.6 Å². The van der Waals surface area contributed by atoms with E-state index in [-0.39, 0.29) is 5.25 Å². The van der Waals surface area contributed by atoms with Gasteiger partial charge in [-0.1, -0.05) is 24.4 Å². The second-order valence-corrected chi connectivity index (χ2v) is 4.46. The zero-order valence-corrected chi connectivity index (χ0v) is 9.47. The minimum atomic E-state index is -0.0523. The van der Waals surface area contributed by atoms with Gasteiger partial charge >= 0.3 is 0 Å². The SMILES string of the molecule is C=Cc1c(C)nn(C)c1SC(C)C=O. The average molecular weight is 210 g/mol. The molecule has 1 rings (SSSR count). The van der Waals surface area contributed by atoms with E-state index in [9.17, 15) is 4.79 Å². The summed E-state index contributed by atoms with van der Waals surface area (Å²) in [7, 11) is 1.87. The van der Waals surface area contributed by atoms with E-state index in [0.717, 1.165) is 22.6 Å². The van der Waals surface area contributed by atoms with Crippen LogP contribution in [-0.2, 0) is 11.8 Å². The van der Waals surface area contributed by atoms with E-state index in [1.165, 1.54) is 11.8 Å². The Balaban J connectivity index is 3.05. The van der Waals surface area contributed by atoms with Gasteiger partial charge < -0.3 is 4.79 Å². The Morgan fingerprint density at radius 3 is 2.79 bits per heavy atom. The van der Waals surface area contributed by atoms with Crippen LogP contribution < -0.4 is 0 Å². The second-order valence-electron chi connectivity index (χ2n) is 3.09. The van der Waals surface area contributed by atoms with Crippen LogP contribution in [0, 0.1) is 6.92 Å². The van der Waals surface area contributed by atoms with Gasteiger partial charge in [0.15, 0.2) is 0 Å². The lowest BCUT2D eigenvalue weighted by atomic mass is 10.3. The van der Waals surface area contributed by atoms with Crippen LogP contribution in [0.4, 0.5) is 0 Å². The van der Waals surface area contributed by atoms with E-state index in [4.69, 9.17) is 0 Å². The molecule has 76 valence electrons. The minimum absolute atomic E-state index is 0.0523. The van der Waals surface area contributed by atoms with Gasteiger partial charge in [0.2, 0.25) is 0 Å². The Bertz CT molecular complexity index is 357. The first-order valence-electron chi connectivity index (χ1n) is 4.38. The predicted octanol–water partition coefficient (Wildman–Crippen LogP) is 2.05. The summed E-state index contributed by atoms with van der Waals surface area (Å²) in [5, 5.41) is 5.22. The minimum Gasteiger partial charge on any atom is -0.302 e. The molecule has 14 heavy (non-hydrogen) atoms. The van der Waals surface area contributed by atoms with Gasteiger partial charge in [-0.05, 0) is 13.8 Å². The van der Waals surface area contributed by atoms with Crippen LogP contribution in [-0.4, -0.2) is 21.3 Å². The number of hydrogen-bond donors (Lipinski definition) is 0. The van der Waals surface area contributed by atoms with Crippen LogP contribution in [0.2, 0.25) is 0 Å².